The monoisotopic (exact) mass is 306 g/mol. The lowest BCUT2D eigenvalue weighted by Crippen LogP contribution is -2.39. The Morgan fingerprint density at radius 2 is 2.14 bits per heavy atom. The molecule has 5 heteroatoms. The summed E-state index contributed by atoms with van der Waals surface area (Å²) in [7, 11) is 2.88. The summed E-state index contributed by atoms with van der Waals surface area (Å²) in [5.41, 5.74) is -0.0323. The van der Waals surface area contributed by atoms with E-state index in [0.717, 1.165) is 5.56 Å². The second kappa shape index (κ2) is 7.54. The van der Waals surface area contributed by atoms with Gasteiger partial charge in [-0.1, -0.05) is 36.4 Å². The van der Waals surface area contributed by atoms with E-state index in [9.17, 15) is 4.79 Å². The summed E-state index contributed by atoms with van der Waals surface area (Å²) in [6, 6.07) is 9.82. The first-order valence-corrected chi connectivity index (χ1v) is 7.20. The van der Waals surface area contributed by atoms with Crippen LogP contribution in [-0.2, 0) is 30.3 Å². The first-order valence-electron chi connectivity index (χ1n) is 7.20. The van der Waals surface area contributed by atoms with Gasteiger partial charge in [-0.15, -0.1) is 6.58 Å². The molecule has 0 N–H and O–H groups in total. The van der Waals surface area contributed by atoms with Crippen LogP contribution in [0, 0.1) is 0 Å². The van der Waals surface area contributed by atoms with E-state index in [4.69, 9.17) is 18.9 Å². The SMILES string of the molecule is C=CC[C@]1(C(=O)OC)C[C@H](OCc2ccccc2)[C@H](OC)O1. The van der Waals surface area contributed by atoms with Crippen molar-refractivity contribution in [1.82, 2.24) is 0 Å². The Labute approximate surface area is 130 Å². The van der Waals surface area contributed by atoms with Crippen molar-refractivity contribution in [2.45, 2.75) is 37.4 Å². The van der Waals surface area contributed by atoms with E-state index in [-0.39, 0.29) is 6.10 Å². The fourth-order valence-electron chi connectivity index (χ4n) is 2.65. The molecule has 0 unspecified atom stereocenters. The third kappa shape index (κ3) is 3.55. The summed E-state index contributed by atoms with van der Waals surface area (Å²) in [6.45, 7) is 4.12. The minimum atomic E-state index is -1.08. The van der Waals surface area contributed by atoms with Gasteiger partial charge >= 0.3 is 5.97 Å². The maximum atomic E-state index is 12.1. The zero-order chi connectivity index (χ0) is 16.0. The molecule has 3 atom stereocenters. The van der Waals surface area contributed by atoms with E-state index in [0.29, 0.717) is 19.4 Å². The molecule has 1 fully saturated rings. The molecule has 22 heavy (non-hydrogen) atoms. The highest BCUT2D eigenvalue weighted by atomic mass is 16.7. The molecule has 0 aliphatic carbocycles. The van der Waals surface area contributed by atoms with E-state index >= 15 is 0 Å². The number of methoxy groups -OCH3 is 2. The Hall–Kier alpha value is -1.69. The molecule has 0 amide bonds. The van der Waals surface area contributed by atoms with Crippen molar-refractivity contribution in [2.75, 3.05) is 14.2 Å². The maximum Gasteiger partial charge on any atom is 0.338 e. The molecule has 120 valence electrons. The maximum absolute atomic E-state index is 12.1. The molecule has 5 nitrogen and oxygen atoms in total. The summed E-state index contributed by atoms with van der Waals surface area (Å²) in [4.78, 5) is 12.1. The zero-order valence-electron chi connectivity index (χ0n) is 13.0. The van der Waals surface area contributed by atoms with Gasteiger partial charge in [0.15, 0.2) is 11.9 Å². The van der Waals surface area contributed by atoms with Crippen molar-refractivity contribution >= 4 is 5.97 Å². The summed E-state index contributed by atoms with van der Waals surface area (Å²) >= 11 is 0. The molecule has 0 radical (unpaired) electrons. The molecule has 0 spiro atoms. The van der Waals surface area contributed by atoms with Gasteiger partial charge in [-0.3, -0.25) is 0 Å². The topological polar surface area (TPSA) is 54.0 Å². The number of rotatable bonds is 7. The van der Waals surface area contributed by atoms with Crippen LogP contribution in [-0.4, -0.2) is 38.2 Å². The highest BCUT2D eigenvalue weighted by Crippen LogP contribution is 2.37. The number of ether oxygens (including phenoxy) is 4. The highest BCUT2D eigenvalue weighted by Gasteiger charge is 2.52. The molecule has 1 aromatic carbocycles. The number of benzene rings is 1. The van der Waals surface area contributed by atoms with E-state index < -0.39 is 17.9 Å². The average Bonchev–Trinajstić information content (AvgIpc) is 2.92. The molecular weight excluding hydrogens is 284 g/mol. The molecule has 1 aliphatic heterocycles. The number of esters is 1. The quantitative estimate of drug-likeness (QED) is 0.572. The van der Waals surface area contributed by atoms with Crippen molar-refractivity contribution < 1.29 is 23.7 Å². The zero-order valence-corrected chi connectivity index (χ0v) is 13.0. The van der Waals surface area contributed by atoms with Gasteiger partial charge < -0.3 is 18.9 Å². The second-order valence-electron chi connectivity index (χ2n) is 5.24. The lowest BCUT2D eigenvalue weighted by atomic mass is 9.95. The van der Waals surface area contributed by atoms with Crippen molar-refractivity contribution in [3.63, 3.8) is 0 Å². The van der Waals surface area contributed by atoms with Gasteiger partial charge in [0, 0.05) is 20.0 Å². The summed E-state index contributed by atoms with van der Waals surface area (Å²) in [5, 5.41) is 0. The molecule has 1 heterocycles. The van der Waals surface area contributed by atoms with Crippen LogP contribution in [0.3, 0.4) is 0 Å². The lowest BCUT2D eigenvalue weighted by Gasteiger charge is -2.24. The van der Waals surface area contributed by atoms with Crippen LogP contribution < -0.4 is 0 Å². The van der Waals surface area contributed by atoms with Gasteiger partial charge in [-0.05, 0) is 5.56 Å². The lowest BCUT2D eigenvalue weighted by molar-refractivity contribution is -0.201. The number of hydrogen-bond acceptors (Lipinski definition) is 5. The minimum absolute atomic E-state index is 0.343. The van der Waals surface area contributed by atoms with E-state index in [1.54, 1.807) is 6.08 Å². The van der Waals surface area contributed by atoms with Crippen molar-refractivity contribution in [1.29, 1.82) is 0 Å². The largest absolute Gasteiger partial charge is 0.467 e. The van der Waals surface area contributed by atoms with Gasteiger partial charge in [0.05, 0.1) is 13.7 Å². The first kappa shape index (κ1) is 16.7. The van der Waals surface area contributed by atoms with Crippen LogP contribution in [0.4, 0.5) is 0 Å². The van der Waals surface area contributed by atoms with Gasteiger partial charge in [-0.2, -0.15) is 0 Å². The Morgan fingerprint density at radius 1 is 1.41 bits per heavy atom. The van der Waals surface area contributed by atoms with Crippen molar-refractivity contribution in [3.05, 3.63) is 48.6 Å². The Kier molecular flexibility index (Phi) is 5.71. The third-order valence-electron chi connectivity index (χ3n) is 3.75. The summed E-state index contributed by atoms with van der Waals surface area (Å²) in [5.74, 6) is -0.430. The van der Waals surface area contributed by atoms with Crippen LogP contribution in [0.5, 0.6) is 0 Å². The summed E-state index contributed by atoms with van der Waals surface area (Å²) in [6.07, 6.45) is 1.41. The molecular formula is C17H22O5. The predicted octanol–water partition coefficient (Wildman–Crippen LogP) is 2.45. The molecule has 0 saturated carbocycles. The Bertz CT molecular complexity index is 501. The highest BCUT2D eigenvalue weighted by molar-refractivity contribution is 5.80. The molecule has 1 saturated heterocycles. The fraction of sp³-hybridized carbons (Fsp3) is 0.471. The van der Waals surface area contributed by atoms with Crippen LogP contribution in [0.15, 0.2) is 43.0 Å². The van der Waals surface area contributed by atoms with Gasteiger partial charge in [0.1, 0.15) is 6.10 Å². The standard InChI is InChI=1S/C17H22O5/c1-4-10-17(16(18)20-3)11-14(15(19-2)22-17)21-12-13-8-6-5-7-9-13/h4-9,14-15H,1,10-12H2,2-3H3/t14-,15+,17+/m0/s1. The molecule has 0 aromatic heterocycles. The van der Waals surface area contributed by atoms with Crippen LogP contribution in [0.1, 0.15) is 18.4 Å². The first-order chi connectivity index (χ1) is 10.6. The molecule has 1 aliphatic rings. The molecule has 0 bridgehead atoms. The third-order valence-corrected chi connectivity index (χ3v) is 3.75. The number of carbonyl (C=O) groups is 1. The fourth-order valence-corrected chi connectivity index (χ4v) is 2.65. The Morgan fingerprint density at radius 3 is 2.73 bits per heavy atom. The molecule has 1 aromatic rings. The Balaban J connectivity index is 2.07. The van der Waals surface area contributed by atoms with Crippen molar-refractivity contribution in [2.24, 2.45) is 0 Å². The van der Waals surface area contributed by atoms with Crippen molar-refractivity contribution in [3.8, 4) is 0 Å². The predicted molar refractivity (Wildman–Crippen MR) is 81.1 cm³/mol. The number of carbonyl (C=O) groups excluding carboxylic acids is 1. The van der Waals surface area contributed by atoms with Gasteiger partial charge in [-0.25, -0.2) is 4.79 Å². The second-order valence-corrected chi connectivity index (χ2v) is 5.24. The average molecular weight is 306 g/mol. The molecule has 2 rings (SSSR count). The van der Waals surface area contributed by atoms with Crippen LogP contribution in [0.25, 0.3) is 0 Å². The van der Waals surface area contributed by atoms with E-state index in [1.165, 1.54) is 14.2 Å². The van der Waals surface area contributed by atoms with Gasteiger partial charge in [0.25, 0.3) is 0 Å². The normalized spacial score (nSPS) is 27.5. The van der Waals surface area contributed by atoms with Crippen LogP contribution in [0.2, 0.25) is 0 Å². The smallest absolute Gasteiger partial charge is 0.338 e. The van der Waals surface area contributed by atoms with Crippen LogP contribution >= 0.6 is 0 Å². The number of hydrogen-bond donors (Lipinski definition) is 0. The van der Waals surface area contributed by atoms with E-state index in [2.05, 4.69) is 6.58 Å². The van der Waals surface area contributed by atoms with Gasteiger partial charge in [0.2, 0.25) is 0 Å². The minimum Gasteiger partial charge on any atom is -0.467 e. The van der Waals surface area contributed by atoms with E-state index in [1.807, 2.05) is 30.3 Å². The summed E-state index contributed by atoms with van der Waals surface area (Å²) < 4.78 is 21.9.